The number of nitrogens with one attached hydrogen (secondary N) is 1. The first-order chi connectivity index (χ1) is 9.89. The lowest BCUT2D eigenvalue weighted by atomic mass is 9.83. The Morgan fingerprint density at radius 2 is 1.86 bits per heavy atom. The van der Waals surface area contributed by atoms with Crippen molar-refractivity contribution in [3.63, 3.8) is 0 Å². The molecule has 2 aliphatic rings. The van der Waals surface area contributed by atoms with E-state index in [2.05, 4.69) is 5.32 Å². The maximum atomic E-state index is 12.0. The molecule has 0 spiro atoms. The summed E-state index contributed by atoms with van der Waals surface area (Å²) in [5.41, 5.74) is -0.419. The van der Waals surface area contributed by atoms with Gasteiger partial charge < -0.3 is 20.1 Å². The molecule has 122 valence electrons. The number of piperidine rings is 1. The van der Waals surface area contributed by atoms with Crippen LogP contribution in [0.25, 0.3) is 0 Å². The van der Waals surface area contributed by atoms with E-state index in [9.17, 15) is 9.90 Å². The summed E-state index contributed by atoms with van der Waals surface area (Å²) in [7, 11) is 0. The monoisotopic (exact) mass is 298 g/mol. The molecule has 0 radical (unpaired) electrons. The minimum atomic E-state index is -0.419. The van der Waals surface area contributed by atoms with Gasteiger partial charge in [0.15, 0.2) is 0 Å². The molecule has 0 aromatic rings. The Labute approximate surface area is 128 Å². The van der Waals surface area contributed by atoms with Gasteiger partial charge in [-0.3, -0.25) is 0 Å². The maximum absolute atomic E-state index is 12.0. The van der Waals surface area contributed by atoms with Gasteiger partial charge in [0.2, 0.25) is 0 Å². The summed E-state index contributed by atoms with van der Waals surface area (Å²) < 4.78 is 5.42. The Balaban J connectivity index is 1.74. The zero-order valence-electron chi connectivity index (χ0n) is 13.6. The molecule has 2 N–H and O–H groups in total. The summed E-state index contributed by atoms with van der Waals surface area (Å²) in [6, 6.07) is 0. The molecule has 21 heavy (non-hydrogen) atoms. The van der Waals surface area contributed by atoms with Gasteiger partial charge in [-0.25, -0.2) is 4.79 Å². The van der Waals surface area contributed by atoms with E-state index in [1.165, 1.54) is 6.42 Å². The lowest BCUT2D eigenvalue weighted by molar-refractivity contribution is 0.0172. The van der Waals surface area contributed by atoms with Crippen molar-refractivity contribution in [3.8, 4) is 0 Å². The summed E-state index contributed by atoms with van der Waals surface area (Å²) in [6.45, 7) is 9.55. The number of likely N-dealkylation sites (tertiary alicyclic amines) is 1. The largest absolute Gasteiger partial charge is 0.444 e. The van der Waals surface area contributed by atoms with Gasteiger partial charge >= 0.3 is 6.09 Å². The van der Waals surface area contributed by atoms with Crippen molar-refractivity contribution in [2.75, 3.05) is 32.8 Å². The summed E-state index contributed by atoms with van der Waals surface area (Å²) in [6.07, 6.45) is 3.08. The molecule has 1 amide bonds. The van der Waals surface area contributed by atoms with Crippen LogP contribution >= 0.6 is 0 Å². The molecular weight excluding hydrogens is 268 g/mol. The number of amides is 1. The summed E-state index contributed by atoms with van der Waals surface area (Å²) >= 11 is 0. The highest BCUT2D eigenvalue weighted by Gasteiger charge is 2.32. The highest BCUT2D eigenvalue weighted by molar-refractivity contribution is 5.68. The van der Waals surface area contributed by atoms with Gasteiger partial charge in [0, 0.05) is 26.2 Å². The van der Waals surface area contributed by atoms with E-state index in [1.54, 1.807) is 0 Å². The quantitative estimate of drug-likeness (QED) is 0.835. The predicted molar refractivity (Wildman–Crippen MR) is 82.1 cm³/mol. The standard InChI is InChI=1S/C16H30N2O3/c1-16(2,3)21-15(20)18-6-4-12(5-7-18)8-13-9-17-10-14(13)11-19/h12-14,17,19H,4-11H2,1-3H3/t13-,14+/m1/s1. The van der Waals surface area contributed by atoms with E-state index in [1.807, 2.05) is 25.7 Å². The third-order valence-corrected chi connectivity index (χ3v) is 4.62. The van der Waals surface area contributed by atoms with Gasteiger partial charge in [0.1, 0.15) is 5.60 Å². The zero-order chi connectivity index (χ0) is 15.5. The molecule has 2 atom stereocenters. The number of aliphatic hydroxyl groups is 1. The van der Waals surface area contributed by atoms with E-state index in [0.29, 0.717) is 17.8 Å². The van der Waals surface area contributed by atoms with Crippen LogP contribution in [0.4, 0.5) is 4.79 Å². The van der Waals surface area contributed by atoms with Crippen molar-refractivity contribution in [1.82, 2.24) is 10.2 Å². The number of hydrogen-bond donors (Lipinski definition) is 2. The molecule has 5 nitrogen and oxygen atoms in total. The van der Waals surface area contributed by atoms with Gasteiger partial charge in [-0.1, -0.05) is 0 Å². The second-order valence-corrected chi connectivity index (χ2v) is 7.51. The summed E-state index contributed by atoms with van der Waals surface area (Å²) in [5, 5.41) is 12.8. The lowest BCUT2D eigenvalue weighted by Gasteiger charge is -2.34. The van der Waals surface area contributed by atoms with Crippen molar-refractivity contribution in [3.05, 3.63) is 0 Å². The summed E-state index contributed by atoms with van der Waals surface area (Å²) in [5.74, 6) is 1.67. The third-order valence-electron chi connectivity index (χ3n) is 4.62. The highest BCUT2D eigenvalue weighted by atomic mass is 16.6. The van der Waals surface area contributed by atoms with E-state index in [4.69, 9.17) is 4.74 Å². The minimum absolute atomic E-state index is 0.184. The van der Waals surface area contributed by atoms with E-state index in [0.717, 1.165) is 39.0 Å². The van der Waals surface area contributed by atoms with Crippen LogP contribution in [-0.4, -0.2) is 54.5 Å². The predicted octanol–water partition coefficient (Wildman–Crippen LogP) is 1.85. The Bertz CT molecular complexity index is 346. The van der Waals surface area contributed by atoms with Crippen molar-refractivity contribution >= 4 is 6.09 Å². The average molecular weight is 298 g/mol. The van der Waals surface area contributed by atoms with Gasteiger partial charge in [-0.2, -0.15) is 0 Å². The Kier molecular flexibility index (Phi) is 5.49. The molecule has 0 bridgehead atoms. The first-order valence-electron chi connectivity index (χ1n) is 8.18. The van der Waals surface area contributed by atoms with E-state index >= 15 is 0 Å². The van der Waals surface area contributed by atoms with Crippen LogP contribution in [0.2, 0.25) is 0 Å². The number of rotatable bonds is 3. The number of aliphatic hydroxyl groups excluding tert-OH is 1. The molecule has 2 aliphatic heterocycles. The Morgan fingerprint density at radius 3 is 2.43 bits per heavy atom. The first kappa shape index (κ1) is 16.6. The van der Waals surface area contributed by atoms with Crippen LogP contribution < -0.4 is 5.32 Å². The topological polar surface area (TPSA) is 61.8 Å². The number of ether oxygens (including phenoxy) is 1. The highest BCUT2D eigenvalue weighted by Crippen LogP contribution is 2.30. The fraction of sp³-hybridized carbons (Fsp3) is 0.938. The minimum Gasteiger partial charge on any atom is -0.444 e. The molecule has 5 heteroatoms. The van der Waals surface area contributed by atoms with Crippen LogP contribution in [0.1, 0.15) is 40.0 Å². The molecular formula is C16H30N2O3. The molecule has 0 saturated carbocycles. The Hall–Kier alpha value is -0.810. The van der Waals surface area contributed by atoms with Crippen molar-refractivity contribution in [2.45, 2.75) is 45.6 Å². The maximum Gasteiger partial charge on any atom is 0.410 e. The first-order valence-corrected chi connectivity index (χ1v) is 8.18. The van der Waals surface area contributed by atoms with Crippen LogP contribution in [0.15, 0.2) is 0 Å². The Morgan fingerprint density at radius 1 is 1.24 bits per heavy atom. The number of hydrogen-bond acceptors (Lipinski definition) is 4. The van der Waals surface area contributed by atoms with Crippen molar-refractivity contribution in [2.24, 2.45) is 17.8 Å². The number of carbonyl (C=O) groups excluding carboxylic acids is 1. The SMILES string of the molecule is CC(C)(C)OC(=O)N1CCC(C[C@@H]2CNC[C@H]2CO)CC1. The van der Waals surface area contributed by atoms with Crippen LogP contribution in [0.3, 0.4) is 0 Å². The molecule has 0 aliphatic carbocycles. The van der Waals surface area contributed by atoms with E-state index in [-0.39, 0.29) is 12.7 Å². The second-order valence-electron chi connectivity index (χ2n) is 7.51. The van der Waals surface area contributed by atoms with Gasteiger partial charge in [0.25, 0.3) is 0 Å². The fourth-order valence-corrected chi connectivity index (χ4v) is 3.38. The van der Waals surface area contributed by atoms with E-state index < -0.39 is 5.60 Å². The summed E-state index contributed by atoms with van der Waals surface area (Å²) in [4.78, 5) is 13.9. The normalized spacial score (nSPS) is 27.9. The van der Waals surface area contributed by atoms with Gasteiger partial charge in [0.05, 0.1) is 0 Å². The third kappa shape index (κ3) is 4.85. The molecule has 2 heterocycles. The fourth-order valence-electron chi connectivity index (χ4n) is 3.38. The molecule has 2 fully saturated rings. The van der Waals surface area contributed by atoms with Crippen LogP contribution in [0.5, 0.6) is 0 Å². The average Bonchev–Trinajstić information content (AvgIpc) is 2.85. The van der Waals surface area contributed by atoms with Gasteiger partial charge in [-0.05, 0) is 64.3 Å². The molecule has 0 aromatic heterocycles. The second kappa shape index (κ2) is 6.97. The molecule has 0 unspecified atom stereocenters. The molecule has 0 aromatic carbocycles. The van der Waals surface area contributed by atoms with Crippen LogP contribution in [0, 0.1) is 17.8 Å². The van der Waals surface area contributed by atoms with Crippen LogP contribution in [-0.2, 0) is 4.74 Å². The smallest absolute Gasteiger partial charge is 0.410 e. The molecule has 2 saturated heterocycles. The number of nitrogens with zero attached hydrogens (tertiary/aromatic N) is 1. The van der Waals surface area contributed by atoms with Crippen molar-refractivity contribution in [1.29, 1.82) is 0 Å². The van der Waals surface area contributed by atoms with Crippen molar-refractivity contribution < 1.29 is 14.6 Å². The zero-order valence-corrected chi connectivity index (χ0v) is 13.6. The number of carbonyl (C=O) groups is 1. The lowest BCUT2D eigenvalue weighted by Crippen LogP contribution is -2.42. The molecule has 2 rings (SSSR count). The van der Waals surface area contributed by atoms with Gasteiger partial charge in [-0.15, -0.1) is 0 Å².